The Morgan fingerprint density at radius 3 is 1.92 bits per heavy atom. The zero-order chi connectivity index (χ0) is 18.4. The molecule has 0 radical (unpaired) electrons. The Morgan fingerprint density at radius 1 is 0.808 bits per heavy atom. The van der Waals surface area contributed by atoms with E-state index in [2.05, 4.69) is 10.6 Å². The first-order chi connectivity index (χ1) is 12.6. The van der Waals surface area contributed by atoms with E-state index in [4.69, 9.17) is 12.2 Å². The molecule has 3 rings (SSSR count). The van der Waals surface area contributed by atoms with E-state index in [-0.39, 0.29) is 0 Å². The molecule has 0 aromatic heterocycles. The average molecular weight is 390 g/mol. The first-order valence-corrected chi connectivity index (χ1v) is 10.6. The number of hydrogen-bond donors (Lipinski definition) is 2. The topological polar surface area (TPSA) is 61.4 Å². The van der Waals surface area contributed by atoms with Gasteiger partial charge in [0, 0.05) is 24.5 Å². The van der Waals surface area contributed by atoms with E-state index in [0.29, 0.717) is 23.1 Å². The second kappa shape index (κ2) is 8.62. The maximum Gasteiger partial charge on any atom is 0.243 e. The predicted octanol–water partition coefficient (Wildman–Crippen LogP) is 4.06. The lowest BCUT2D eigenvalue weighted by Crippen LogP contribution is -2.31. The Labute approximate surface area is 160 Å². The molecule has 0 aliphatic carbocycles. The molecule has 0 saturated carbocycles. The number of thiocarbonyl (C=S) groups is 1. The number of nitrogens with zero attached hydrogens (tertiary/aromatic N) is 1. The quantitative estimate of drug-likeness (QED) is 0.772. The highest BCUT2D eigenvalue weighted by molar-refractivity contribution is 7.89. The van der Waals surface area contributed by atoms with E-state index in [1.54, 1.807) is 28.6 Å². The zero-order valence-corrected chi connectivity index (χ0v) is 16.2. The summed E-state index contributed by atoms with van der Waals surface area (Å²) in [6, 6.07) is 16.4. The van der Waals surface area contributed by atoms with Crippen molar-refractivity contribution in [3.05, 3.63) is 54.6 Å². The van der Waals surface area contributed by atoms with Crippen molar-refractivity contribution in [2.45, 2.75) is 30.6 Å². The molecule has 7 heteroatoms. The standard InChI is InChI=1S/C19H23N3O2S2/c23-26(24,22-14-6-1-2-7-15-22)18-12-10-17(11-13-18)21-19(25)20-16-8-4-3-5-9-16/h3-5,8-13H,1-2,6-7,14-15H2,(H2,20,21,25). The molecular formula is C19H23N3O2S2. The van der Waals surface area contributed by atoms with Crippen LogP contribution >= 0.6 is 12.2 Å². The maximum absolute atomic E-state index is 12.8. The van der Waals surface area contributed by atoms with Crippen LogP contribution in [0, 0.1) is 0 Å². The van der Waals surface area contributed by atoms with Gasteiger partial charge in [-0.2, -0.15) is 4.31 Å². The Morgan fingerprint density at radius 2 is 1.35 bits per heavy atom. The second-order valence-electron chi connectivity index (χ2n) is 6.29. The minimum atomic E-state index is -3.42. The van der Waals surface area contributed by atoms with Gasteiger partial charge in [-0.25, -0.2) is 8.42 Å². The highest BCUT2D eigenvalue weighted by Gasteiger charge is 2.24. The molecular weight excluding hydrogens is 366 g/mol. The SMILES string of the molecule is O=S(=O)(c1ccc(NC(=S)Nc2ccccc2)cc1)N1CCCCCC1. The van der Waals surface area contributed by atoms with E-state index in [1.807, 2.05) is 30.3 Å². The molecule has 1 aliphatic heterocycles. The van der Waals surface area contributed by atoms with Crippen LogP contribution in [-0.4, -0.2) is 30.9 Å². The summed E-state index contributed by atoms with van der Waals surface area (Å²) in [6.45, 7) is 1.21. The van der Waals surface area contributed by atoms with Gasteiger partial charge in [0.1, 0.15) is 0 Å². The fraction of sp³-hybridized carbons (Fsp3) is 0.316. The van der Waals surface area contributed by atoms with Gasteiger partial charge in [-0.1, -0.05) is 31.0 Å². The van der Waals surface area contributed by atoms with Crippen molar-refractivity contribution >= 4 is 38.7 Å². The third-order valence-electron chi connectivity index (χ3n) is 4.35. The summed E-state index contributed by atoms with van der Waals surface area (Å²) in [5.74, 6) is 0. The van der Waals surface area contributed by atoms with Gasteiger partial charge in [-0.15, -0.1) is 0 Å². The number of anilines is 2. The van der Waals surface area contributed by atoms with Crippen LogP contribution in [0.4, 0.5) is 11.4 Å². The van der Waals surface area contributed by atoms with Crippen LogP contribution in [0.5, 0.6) is 0 Å². The molecule has 1 fully saturated rings. The summed E-state index contributed by atoms with van der Waals surface area (Å²) in [5.41, 5.74) is 1.64. The monoisotopic (exact) mass is 389 g/mol. The minimum absolute atomic E-state index is 0.326. The van der Waals surface area contributed by atoms with E-state index in [0.717, 1.165) is 37.1 Å². The van der Waals surface area contributed by atoms with Gasteiger partial charge < -0.3 is 10.6 Å². The number of rotatable bonds is 4. The van der Waals surface area contributed by atoms with Gasteiger partial charge in [-0.3, -0.25) is 0 Å². The van der Waals surface area contributed by atoms with Crippen LogP contribution in [0.2, 0.25) is 0 Å². The second-order valence-corrected chi connectivity index (χ2v) is 8.63. The number of benzene rings is 2. The Bertz CT molecular complexity index is 829. The molecule has 0 amide bonds. The van der Waals surface area contributed by atoms with Crippen LogP contribution in [0.15, 0.2) is 59.5 Å². The number of sulfonamides is 1. The van der Waals surface area contributed by atoms with Crippen molar-refractivity contribution in [2.75, 3.05) is 23.7 Å². The van der Waals surface area contributed by atoms with Crippen molar-refractivity contribution in [1.82, 2.24) is 4.31 Å². The number of nitrogens with one attached hydrogen (secondary N) is 2. The Kier molecular flexibility index (Phi) is 6.24. The molecule has 2 aromatic rings. The normalized spacial score (nSPS) is 15.8. The van der Waals surface area contributed by atoms with Gasteiger partial charge in [0.05, 0.1) is 4.90 Å². The molecule has 0 atom stereocenters. The van der Waals surface area contributed by atoms with Crippen molar-refractivity contribution in [3.63, 3.8) is 0 Å². The van der Waals surface area contributed by atoms with Crippen LogP contribution in [0.1, 0.15) is 25.7 Å². The summed E-state index contributed by atoms with van der Waals surface area (Å²) < 4.78 is 27.2. The lowest BCUT2D eigenvalue weighted by atomic mass is 10.2. The smallest absolute Gasteiger partial charge is 0.243 e. The molecule has 2 aromatic carbocycles. The summed E-state index contributed by atoms with van der Waals surface area (Å²) in [5, 5.41) is 6.62. The molecule has 1 heterocycles. The van der Waals surface area contributed by atoms with E-state index in [9.17, 15) is 8.42 Å². The molecule has 0 bridgehead atoms. The first-order valence-electron chi connectivity index (χ1n) is 8.79. The molecule has 26 heavy (non-hydrogen) atoms. The van der Waals surface area contributed by atoms with Gasteiger partial charge in [0.25, 0.3) is 0 Å². The van der Waals surface area contributed by atoms with Crippen molar-refractivity contribution in [1.29, 1.82) is 0 Å². The highest BCUT2D eigenvalue weighted by Crippen LogP contribution is 2.22. The largest absolute Gasteiger partial charge is 0.332 e. The molecule has 1 aliphatic rings. The number of hydrogen-bond acceptors (Lipinski definition) is 3. The third kappa shape index (κ3) is 4.81. The van der Waals surface area contributed by atoms with Crippen LogP contribution < -0.4 is 10.6 Å². The maximum atomic E-state index is 12.8. The number of para-hydroxylation sites is 1. The molecule has 2 N–H and O–H groups in total. The molecule has 0 spiro atoms. The van der Waals surface area contributed by atoms with E-state index < -0.39 is 10.0 Å². The third-order valence-corrected chi connectivity index (χ3v) is 6.46. The summed E-state index contributed by atoms with van der Waals surface area (Å²) in [6.07, 6.45) is 4.05. The molecule has 1 saturated heterocycles. The average Bonchev–Trinajstić information content (AvgIpc) is 2.93. The summed E-state index contributed by atoms with van der Waals surface area (Å²) in [4.78, 5) is 0.326. The Balaban J connectivity index is 1.65. The zero-order valence-electron chi connectivity index (χ0n) is 14.5. The van der Waals surface area contributed by atoms with Crippen molar-refractivity contribution in [2.24, 2.45) is 0 Å². The Hall–Kier alpha value is -1.96. The summed E-state index contributed by atoms with van der Waals surface area (Å²) >= 11 is 5.29. The molecule has 5 nitrogen and oxygen atoms in total. The van der Waals surface area contributed by atoms with Gasteiger partial charge in [0.15, 0.2) is 5.11 Å². The van der Waals surface area contributed by atoms with Crippen LogP contribution in [-0.2, 0) is 10.0 Å². The highest BCUT2D eigenvalue weighted by atomic mass is 32.2. The fourth-order valence-electron chi connectivity index (χ4n) is 2.96. The first kappa shape index (κ1) is 18.8. The van der Waals surface area contributed by atoms with Crippen molar-refractivity contribution in [3.8, 4) is 0 Å². The van der Waals surface area contributed by atoms with E-state index >= 15 is 0 Å². The minimum Gasteiger partial charge on any atom is -0.332 e. The van der Waals surface area contributed by atoms with Gasteiger partial charge in [0.2, 0.25) is 10.0 Å². The lowest BCUT2D eigenvalue weighted by Gasteiger charge is -2.20. The van der Waals surface area contributed by atoms with E-state index in [1.165, 1.54) is 0 Å². The van der Waals surface area contributed by atoms with Crippen molar-refractivity contribution < 1.29 is 8.42 Å². The summed E-state index contributed by atoms with van der Waals surface area (Å²) in [7, 11) is -3.42. The van der Waals surface area contributed by atoms with Crippen LogP contribution in [0.25, 0.3) is 0 Å². The van der Waals surface area contributed by atoms with Gasteiger partial charge in [-0.05, 0) is 61.5 Å². The fourth-order valence-corrected chi connectivity index (χ4v) is 4.71. The van der Waals surface area contributed by atoms with Crippen LogP contribution in [0.3, 0.4) is 0 Å². The lowest BCUT2D eigenvalue weighted by molar-refractivity contribution is 0.424. The molecule has 138 valence electrons. The van der Waals surface area contributed by atoms with Gasteiger partial charge >= 0.3 is 0 Å². The molecule has 0 unspecified atom stereocenters. The predicted molar refractivity (Wildman–Crippen MR) is 110 cm³/mol.